The van der Waals surface area contributed by atoms with Crippen molar-refractivity contribution in [2.45, 2.75) is 19.9 Å². The largest absolute Gasteiger partial charge is 0.309 e. The van der Waals surface area contributed by atoms with Gasteiger partial charge in [0, 0.05) is 28.3 Å². The smallest absolute Gasteiger partial charge is 0.0436 e. The quantitative estimate of drug-likeness (QED) is 0.803. The van der Waals surface area contributed by atoms with E-state index in [1.165, 1.54) is 5.56 Å². The molecule has 0 fully saturated rings. The molecule has 0 saturated heterocycles. The van der Waals surface area contributed by atoms with Gasteiger partial charge in [-0.3, -0.25) is 4.21 Å². The van der Waals surface area contributed by atoms with Gasteiger partial charge < -0.3 is 5.32 Å². The first-order valence-electron chi connectivity index (χ1n) is 5.41. The van der Waals surface area contributed by atoms with Crippen molar-refractivity contribution in [3.05, 3.63) is 35.9 Å². The van der Waals surface area contributed by atoms with E-state index in [-0.39, 0.29) is 6.04 Å². The molecule has 0 bridgehead atoms. The monoisotopic (exact) mass is 225 g/mol. The Bertz CT molecular complexity index is 300. The summed E-state index contributed by atoms with van der Waals surface area (Å²) >= 11 is 0. The second kappa shape index (κ2) is 6.75. The van der Waals surface area contributed by atoms with Crippen molar-refractivity contribution >= 4 is 10.8 Å². The lowest BCUT2D eigenvalue weighted by Gasteiger charge is -2.17. The molecule has 0 saturated carbocycles. The number of hydrogen-bond donors (Lipinski definition) is 1. The Kier molecular flexibility index (Phi) is 5.58. The van der Waals surface area contributed by atoms with Crippen LogP contribution in [-0.4, -0.2) is 22.3 Å². The molecule has 1 rings (SSSR count). The van der Waals surface area contributed by atoms with Gasteiger partial charge >= 0.3 is 0 Å². The minimum Gasteiger partial charge on any atom is -0.309 e. The fourth-order valence-corrected chi connectivity index (χ4v) is 2.43. The molecule has 1 aromatic rings. The molecule has 3 heteroatoms. The maximum absolute atomic E-state index is 11.5. The van der Waals surface area contributed by atoms with Crippen molar-refractivity contribution in [3.8, 4) is 0 Å². The summed E-state index contributed by atoms with van der Waals surface area (Å²) in [5.41, 5.74) is 1.22. The van der Waals surface area contributed by atoms with Crippen LogP contribution in [0.15, 0.2) is 30.3 Å². The van der Waals surface area contributed by atoms with E-state index in [9.17, 15) is 4.21 Å². The van der Waals surface area contributed by atoms with E-state index in [1.54, 1.807) is 0 Å². The predicted octanol–water partition coefficient (Wildman–Crippen LogP) is 2.11. The van der Waals surface area contributed by atoms with Crippen LogP contribution in [0.1, 0.15) is 25.5 Å². The Morgan fingerprint density at radius 1 is 1.27 bits per heavy atom. The third-order valence-corrected chi connectivity index (χ3v) is 3.68. The predicted molar refractivity (Wildman–Crippen MR) is 66.4 cm³/mol. The minimum absolute atomic E-state index is 0.219. The molecule has 0 aliphatic heterocycles. The summed E-state index contributed by atoms with van der Waals surface area (Å²) in [5.74, 6) is 1.43. The molecule has 0 heterocycles. The lowest BCUT2D eigenvalue weighted by Crippen LogP contribution is -2.26. The number of hydrogen-bond acceptors (Lipinski definition) is 2. The number of benzene rings is 1. The molecule has 0 spiro atoms. The third kappa shape index (κ3) is 4.14. The molecule has 2 atom stereocenters. The van der Waals surface area contributed by atoms with Gasteiger partial charge in [0.1, 0.15) is 0 Å². The fraction of sp³-hybridized carbons (Fsp3) is 0.500. The van der Waals surface area contributed by atoms with E-state index in [2.05, 4.69) is 24.4 Å². The van der Waals surface area contributed by atoms with Crippen molar-refractivity contribution in [2.75, 3.05) is 18.1 Å². The summed E-state index contributed by atoms with van der Waals surface area (Å²) < 4.78 is 11.5. The summed E-state index contributed by atoms with van der Waals surface area (Å²) in [5, 5.41) is 3.37. The van der Waals surface area contributed by atoms with Crippen LogP contribution in [0.25, 0.3) is 0 Å². The third-order valence-electron chi connectivity index (χ3n) is 2.33. The summed E-state index contributed by atoms with van der Waals surface area (Å²) in [6.45, 7) is 4.94. The van der Waals surface area contributed by atoms with Gasteiger partial charge in [-0.15, -0.1) is 0 Å². The first-order valence-corrected chi connectivity index (χ1v) is 6.90. The fourth-order valence-electron chi connectivity index (χ4n) is 1.51. The van der Waals surface area contributed by atoms with E-state index < -0.39 is 10.8 Å². The van der Waals surface area contributed by atoms with Crippen LogP contribution in [0, 0.1) is 0 Å². The second-order valence-electron chi connectivity index (χ2n) is 3.42. The van der Waals surface area contributed by atoms with Crippen molar-refractivity contribution in [3.63, 3.8) is 0 Å². The Balaban J connectivity index is 2.70. The molecule has 0 aliphatic carbocycles. The Morgan fingerprint density at radius 2 is 1.93 bits per heavy atom. The van der Waals surface area contributed by atoms with Crippen molar-refractivity contribution in [2.24, 2.45) is 0 Å². The van der Waals surface area contributed by atoms with Gasteiger partial charge in [0.25, 0.3) is 0 Å². The Labute approximate surface area is 94.5 Å². The Hall–Kier alpha value is -0.670. The molecule has 2 unspecified atom stereocenters. The molecule has 84 valence electrons. The normalized spacial score (nSPS) is 14.8. The molecule has 15 heavy (non-hydrogen) atoms. The first kappa shape index (κ1) is 12.4. The Morgan fingerprint density at radius 3 is 2.47 bits per heavy atom. The van der Waals surface area contributed by atoms with E-state index in [0.717, 1.165) is 12.3 Å². The van der Waals surface area contributed by atoms with Gasteiger partial charge in [0.05, 0.1) is 0 Å². The highest BCUT2D eigenvalue weighted by atomic mass is 32.2. The minimum atomic E-state index is -0.722. The van der Waals surface area contributed by atoms with Crippen LogP contribution in [0.2, 0.25) is 0 Å². The molecule has 1 N–H and O–H groups in total. The van der Waals surface area contributed by atoms with Crippen LogP contribution in [-0.2, 0) is 10.8 Å². The molecular formula is C12H19NOS. The topological polar surface area (TPSA) is 29.1 Å². The van der Waals surface area contributed by atoms with Crippen molar-refractivity contribution in [1.82, 2.24) is 5.32 Å². The van der Waals surface area contributed by atoms with Crippen LogP contribution in [0.5, 0.6) is 0 Å². The molecule has 0 amide bonds. The lowest BCUT2D eigenvalue weighted by molar-refractivity contribution is 0.594. The summed E-state index contributed by atoms with van der Waals surface area (Å²) in [6, 6.07) is 10.4. The molecule has 2 nitrogen and oxygen atoms in total. The van der Waals surface area contributed by atoms with E-state index in [0.29, 0.717) is 5.75 Å². The van der Waals surface area contributed by atoms with Crippen LogP contribution in [0.3, 0.4) is 0 Å². The molecule has 1 aromatic carbocycles. The second-order valence-corrected chi connectivity index (χ2v) is 5.21. The summed E-state index contributed by atoms with van der Waals surface area (Å²) in [6.07, 6.45) is 0. The van der Waals surface area contributed by atoms with Gasteiger partial charge in [-0.2, -0.15) is 0 Å². The van der Waals surface area contributed by atoms with Gasteiger partial charge in [0.15, 0.2) is 0 Å². The average molecular weight is 225 g/mol. The van der Waals surface area contributed by atoms with E-state index in [4.69, 9.17) is 0 Å². The highest BCUT2D eigenvalue weighted by Gasteiger charge is 2.12. The lowest BCUT2D eigenvalue weighted by atomic mass is 10.1. The highest BCUT2D eigenvalue weighted by Crippen LogP contribution is 2.13. The van der Waals surface area contributed by atoms with Crippen molar-refractivity contribution < 1.29 is 4.21 Å². The summed E-state index contributed by atoms with van der Waals surface area (Å²) in [7, 11) is -0.722. The zero-order valence-electron chi connectivity index (χ0n) is 9.40. The zero-order valence-corrected chi connectivity index (χ0v) is 10.2. The number of rotatable bonds is 6. The van der Waals surface area contributed by atoms with Gasteiger partial charge in [-0.25, -0.2) is 0 Å². The van der Waals surface area contributed by atoms with E-state index in [1.807, 2.05) is 25.1 Å². The van der Waals surface area contributed by atoms with Crippen LogP contribution >= 0.6 is 0 Å². The van der Waals surface area contributed by atoms with Crippen molar-refractivity contribution in [1.29, 1.82) is 0 Å². The van der Waals surface area contributed by atoms with Crippen LogP contribution < -0.4 is 5.32 Å². The maximum atomic E-state index is 11.5. The molecule has 0 radical (unpaired) electrons. The summed E-state index contributed by atoms with van der Waals surface area (Å²) in [4.78, 5) is 0. The zero-order chi connectivity index (χ0) is 11.1. The van der Waals surface area contributed by atoms with Gasteiger partial charge in [-0.05, 0) is 12.1 Å². The first-order chi connectivity index (χ1) is 7.27. The molecule has 0 aromatic heterocycles. The number of nitrogens with one attached hydrogen (secondary N) is 1. The van der Waals surface area contributed by atoms with Gasteiger partial charge in [-0.1, -0.05) is 44.2 Å². The molecular weight excluding hydrogens is 206 g/mol. The van der Waals surface area contributed by atoms with Gasteiger partial charge in [0.2, 0.25) is 0 Å². The molecule has 0 aliphatic rings. The average Bonchev–Trinajstić information content (AvgIpc) is 2.29. The van der Waals surface area contributed by atoms with Crippen LogP contribution in [0.4, 0.5) is 0 Å². The SMILES string of the molecule is CCNC(CS(=O)CC)c1ccccc1. The van der Waals surface area contributed by atoms with E-state index >= 15 is 0 Å². The maximum Gasteiger partial charge on any atom is 0.0436 e. The standard InChI is InChI=1S/C12H19NOS/c1-3-13-12(10-15(14)4-2)11-8-6-5-7-9-11/h5-9,12-13H,3-4,10H2,1-2H3. The highest BCUT2D eigenvalue weighted by molar-refractivity contribution is 7.84.